The van der Waals surface area contributed by atoms with Gasteiger partial charge in [0.15, 0.2) is 0 Å². The Hall–Kier alpha value is -0.520. The number of terminal acetylenes is 1. The third-order valence-electron chi connectivity index (χ3n) is 4.22. The van der Waals surface area contributed by atoms with Crippen LogP contribution >= 0.6 is 0 Å². The molecule has 2 atom stereocenters. The molecule has 1 aliphatic carbocycles. The normalized spacial score (nSPS) is 29.1. The highest BCUT2D eigenvalue weighted by Gasteiger charge is 2.40. The monoisotopic (exact) mass is 235 g/mol. The third-order valence-corrected chi connectivity index (χ3v) is 4.22. The Morgan fingerprint density at radius 2 is 2.24 bits per heavy atom. The van der Waals surface area contributed by atoms with Crippen LogP contribution in [0.15, 0.2) is 0 Å². The minimum absolute atomic E-state index is 0.196. The lowest BCUT2D eigenvalue weighted by molar-refractivity contribution is -0.0842. The lowest BCUT2D eigenvalue weighted by Gasteiger charge is -2.39. The van der Waals surface area contributed by atoms with Crippen molar-refractivity contribution >= 4 is 0 Å². The van der Waals surface area contributed by atoms with Crippen molar-refractivity contribution in [3.8, 4) is 12.3 Å². The van der Waals surface area contributed by atoms with Crippen molar-refractivity contribution in [2.45, 2.75) is 76.0 Å². The van der Waals surface area contributed by atoms with Crippen molar-refractivity contribution in [2.24, 2.45) is 0 Å². The molecular weight excluding hydrogens is 210 g/mol. The molecule has 2 heteroatoms. The van der Waals surface area contributed by atoms with Gasteiger partial charge in [-0.2, -0.15) is 0 Å². The van der Waals surface area contributed by atoms with E-state index >= 15 is 0 Å². The van der Waals surface area contributed by atoms with E-state index in [-0.39, 0.29) is 11.6 Å². The van der Waals surface area contributed by atoms with E-state index in [2.05, 4.69) is 18.2 Å². The highest BCUT2D eigenvalue weighted by atomic mass is 16.5. The molecule has 2 aliphatic rings. The fourth-order valence-corrected chi connectivity index (χ4v) is 3.33. The summed E-state index contributed by atoms with van der Waals surface area (Å²) in [5.74, 6) is 2.88. The maximum absolute atomic E-state index is 6.04. The molecule has 1 heterocycles. The average molecular weight is 235 g/mol. The summed E-state index contributed by atoms with van der Waals surface area (Å²) in [5.41, 5.74) is 0.196. The molecule has 1 spiro atoms. The Morgan fingerprint density at radius 3 is 2.88 bits per heavy atom. The highest BCUT2D eigenvalue weighted by Crippen LogP contribution is 2.40. The van der Waals surface area contributed by atoms with Crippen molar-refractivity contribution in [2.75, 3.05) is 6.61 Å². The SMILES string of the molecule is C#CC(CCC)NC1CCOC2(CCCC2)C1. The van der Waals surface area contributed by atoms with Gasteiger partial charge in [-0.15, -0.1) is 6.42 Å². The molecule has 0 amide bonds. The largest absolute Gasteiger partial charge is 0.375 e. The second-order valence-corrected chi connectivity index (χ2v) is 5.60. The van der Waals surface area contributed by atoms with Gasteiger partial charge in [0.25, 0.3) is 0 Å². The van der Waals surface area contributed by atoms with Crippen LogP contribution < -0.4 is 5.32 Å². The predicted octanol–water partition coefficient (Wildman–Crippen LogP) is 2.87. The highest BCUT2D eigenvalue weighted by molar-refractivity contribution is 5.02. The Bertz CT molecular complexity index is 275. The van der Waals surface area contributed by atoms with Crippen molar-refractivity contribution in [3.63, 3.8) is 0 Å². The third kappa shape index (κ3) is 3.24. The summed E-state index contributed by atoms with van der Waals surface area (Å²) in [6, 6.07) is 0.816. The second-order valence-electron chi connectivity index (χ2n) is 5.60. The number of nitrogens with one attached hydrogen (secondary N) is 1. The summed E-state index contributed by atoms with van der Waals surface area (Å²) in [6.45, 7) is 3.09. The summed E-state index contributed by atoms with van der Waals surface area (Å²) < 4.78 is 6.04. The van der Waals surface area contributed by atoms with Crippen LogP contribution in [0.2, 0.25) is 0 Å². The number of hydrogen-bond donors (Lipinski definition) is 1. The quantitative estimate of drug-likeness (QED) is 0.757. The van der Waals surface area contributed by atoms with E-state index in [0.29, 0.717) is 6.04 Å². The first kappa shape index (κ1) is 12.9. The lowest BCUT2D eigenvalue weighted by Crippen LogP contribution is -2.48. The predicted molar refractivity (Wildman–Crippen MR) is 70.8 cm³/mol. The fraction of sp³-hybridized carbons (Fsp3) is 0.867. The molecular formula is C15H25NO. The van der Waals surface area contributed by atoms with E-state index < -0.39 is 0 Å². The molecule has 2 unspecified atom stereocenters. The van der Waals surface area contributed by atoms with Gasteiger partial charge in [0.2, 0.25) is 0 Å². The van der Waals surface area contributed by atoms with Crippen LogP contribution in [-0.4, -0.2) is 24.3 Å². The molecule has 1 aliphatic heterocycles. The summed E-state index contributed by atoms with van der Waals surface area (Å²) in [4.78, 5) is 0. The molecule has 1 saturated heterocycles. The van der Waals surface area contributed by atoms with Gasteiger partial charge in [-0.25, -0.2) is 0 Å². The first-order chi connectivity index (χ1) is 8.28. The molecule has 0 radical (unpaired) electrons. The Labute approximate surface area is 105 Å². The molecule has 2 fully saturated rings. The standard InChI is InChI=1S/C15H25NO/c1-3-7-13(4-2)16-14-8-11-17-15(12-14)9-5-6-10-15/h2,13-14,16H,3,5-12H2,1H3. The van der Waals surface area contributed by atoms with Crippen LogP contribution in [0.25, 0.3) is 0 Å². The minimum Gasteiger partial charge on any atom is -0.375 e. The second kappa shape index (κ2) is 5.89. The van der Waals surface area contributed by atoms with Gasteiger partial charge in [0.1, 0.15) is 0 Å². The first-order valence-corrected chi connectivity index (χ1v) is 7.14. The molecule has 1 saturated carbocycles. The smallest absolute Gasteiger partial charge is 0.0697 e. The summed E-state index contributed by atoms with van der Waals surface area (Å²) in [6.07, 6.45) is 15.3. The van der Waals surface area contributed by atoms with Crippen molar-refractivity contribution in [1.29, 1.82) is 0 Å². The maximum atomic E-state index is 6.04. The van der Waals surface area contributed by atoms with Crippen LogP contribution in [0.5, 0.6) is 0 Å². The van der Waals surface area contributed by atoms with Gasteiger partial charge in [-0.3, -0.25) is 0 Å². The van der Waals surface area contributed by atoms with Gasteiger partial charge >= 0.3 is 0 Å². The molecule has 0 aromatic heterocycles. The van der Waals surface area contributed by atoms with Crippen molar-refractivity contribution in [1.82, 2.24) is 5.32 Å². The van der Waals surface area contributed by atoms with E-state index in [1.54, 1.807) is 0 Å². The zero-order valence-corrected chi connectivity index (χ0v) is 11.0. The van der Waals surface area contributed by atoms with Crippen LogP contribution in [-0.2, 0) is 4.74 Å². The molecule has 0 bridgehead atoms. The van der Waals surface area contributed by atoms with Gasteiger partial charge in [0.05, 0.1) is 11.6 Å². The van der Waals surface area contributed by atoms with E-state index in [4.69, 9.17) is 11.2 Å². The summed E-state index contributed by atoms with van der Waals surface area (Å²) >= 11 is 0. The molecule has 2 nitrogen and oxygen atoms in total. The zero-order chi connectivity index (χ0) is 12.1. The Balaban J connectivity index is 1.87. The number of ether oxygens (including phenoxy) is 1. The van der Waals surface area contributed by atoms with Crippen LogP contribution in [0.4, 0.5) is 0 Å². The minimum atomic E-state index is 0.196. The van der Waals surface area contributed by atoms with E-state index in [0.717, 1.165) is 32.3 Å². The molecule has 2 rings (SSSR count). The maximum Gasteiger partial charge on any atom is 0.0697 e. The van der Waals surface area contributed by atoms with Crippen molar-refractivity contribution in [3.05, 3.63) is 0 Å². The van der Waals surface area contributed by atoms with Crippen LogP contribution in [0, 0.1) is 12.3 Å². The van der Waals surface area contributed by atoms with Crippen LogP contribution in [0.1, 0.15) is 58.3 Å². The van der Waals surface area contributed by atoms with E-state index in [1.807, 2.05) is 0 Å². The summed E-state index contributed by atoms with van der Waals surface area (Å²) in [7, 11) is 0. The van der Waals surface area contributed by atoms with Gasteiger partial charge < -0.3 is 10.1 Å². The Kier molecular flexibility index (Phi) is 4.48. The molecule has 0 aromatic carbocycles. The lowest BCUT2D eigenvalue weighted by atomic mass is 9.88. The average Bonchev–Trinajstić information content (AvgIpc) is 2.77. The van der Waals surface area contributed by atoms with E-state index in [1.165, 1.54) is 25.7 Å². The molecule has 1 N–H and O–H groups in total. The van der Waals surface area contributed by atoms with E-state index in [9.17, 15) is 0 Å². The molecule has 0 aromatic rings. The molecule has 17 heavy (non-hydrogen) atoms. The van der Waals surface area contributed by atoms with Crippen LogP contribution in [0.3, 0.4) is 0 Å². The number of rotatable bonds is 4. The zero-order valence-electron chi connectivity index (χ0n) is 11.0. The topological polar surface area (TPSA) is 21.3 Å². The number of hydrogen-bond acceptors (Lipinski definition) is 2. The Morgan fingerprint density at radius 1 is 1.47 bits per heavy atom. The van der Waals surface area contributed by atoms with Gasteiger partial charge in [-0.05, 0) is 32.1 Å². The fourth-order valence-electron chi connectivity index (χ4n) is 3.33. The van der Waals surface area contributed by atoms with Gasteiger partial charge in [-0.1, -0.05) is 32.1 Å². The van der Waals surface area contributed by atoms with Gasteiger partial charge in [0, 0.05) is 12.6 Å². The first-order valence-electron chi connectivity index (χ1n) is 7.14. The van der Waals surface area contributed by atoms with Crippen molar-refractivity contribution < 1.29 is 4.74 Å². The molecule has 96 valence electrons. The summed E-state index contributed by atoms with van der Waals surface area (Å²) in [5, 5.41) is 3.64.